The molecule has 1 aromatic rings. The Kier molecular flexibility index (Phi) is 9.36. The summed E-state index contributed by atoms with van der Waals surface area (Å²) in [6.45, 7) is 8.62. The number of hydrogen-bond donors (Lipinski definition) is 1. The first-order valence-electron chi connectivity index (χ1n) is 10.6. The predicted molar refractivity (Wildman–Crippen MR) is 120 cm³/mol. The summed E-state index contributed by atoms with van der Waals surface area (Å²) < 4.78 is 21.4. The summed E-state index contributed by atoms with van der Waals surface area (Å²) in [6.07, 6.45) is 2.86. The van der Waals surface area contributed by atoms with Crippen molar-refractivity contribution in [1.29, 1.82) is 0 Å². The van der Waals surface area contributed by atoms with Crippen molar-refractivity contribution in [2.45, 2.75) is 52.9 Å². The van der Waals surface area contributed by atoms with Crippen LogP contribution in [0.2, 0.25) is 0 Å². The van der Waals surface area contributed by atoms with Crippen LogP contribution in [0.25, 0.3) is 0 Å². The maximum atomic E-state index is 12.2. The lowest BCUT2D eigenvalue weighted by Crippen LogP contribution is -2.44. The topological polar surface area (TPSA) is 94.5 Å². The van der Waals surface area contributed by atoms with Crippen LogP contribution in [0.15, 0.2) is 11.6 Å². The first-order chi connectivity index (χ1) is 14.8. The highest BCUT2D eigenvalue weighted by molar-refractivity contribution is 5.98. The zero-order valence-corrected chi connectivity index (χ0v) is 19.9. The van der Waals surface area contributed by atoms with Crippen LogP contribution in [0, 0.1) is 6.92 Å². The Morgan fingerprint density at radius 3 is 2.62 bits per heavy atom. The quantitative estimate of drug-likeness (QED) is 0.458. The van der Waals surface area contributed by atoms with Crippen LogP contribution in [0.3, 0.4) is 0 Å². The number of methoxy groups -OCH3 is 1. The van der Waals surface area contributed by atoms with E-state index in [1.54, 1.807) is 0 Å². The van der Waals surface area contributed by atoms with E-state index in [-0.39, 0.29) is 48.9 Å². The molecular formula is C23H32ClNO7. The third-order valence-corrected chi connectivity index (χ3v) is 5.89. The summed E-state index contributed by atoms with van der Waals surface area (Å²) in [5.74, 6) is -0.305. The van der Waals surface area contributed by atoms with Crippen molar-refractivity contribution < 1.29 is 33.6 Å². The van der Waals surface area contributed by atoms with Crippen molar-refractivity contribution in [2.75, 3.05) is 33.4 Å². The number of cyclic esters (lactones) is 1. The van der Waals surface area contributed by atoms with Crippen LogP contribution in [0.4, 0.5) is 0 Å². The maximum absolute atomic E-state index is 12.2. The molecule has 0 spiro atoms. The van der Waals surface area contributed by atoms with E-state index in [1.165, 1.54) is 7.11 Å². The second-order valence-electron chi connectivity index (χ2n) is 7.91. The van der Waals surface area contributed by atoms with E-state index in [1.807, 2.05) is 26.8 Å². The molecule has 178 valence electrons. The molecule has 9 heteroatoms. The molecule has 0 bridgehead atoms. The summed E-state index contributed by atoms with van der Waals surface area (Å²) in [5.41, 5.74) is 3.21. The Balaban J connectivity index is 0.00000363. The molecule has 2 heterocycles. The molecule has 1 atom stereocenters. The zero-order valence-electron chi connectivity index (χ0n) is 19.1. The lowest BCUT2D eigenvalue weighted by molar-refractivity contribution is -0.161. The lowest BCUT2D eigenvalue weighted by Gasteiger charge is -2.31. The highest BCUT2D eigenvalue weighted by Gasteiger charge is 2.31. The molecule has 2 aliphatic heterocycles. The van der Waals surface area contributed by atoms with Gasteiger partial charge in [-0.3, -0.25) is 9.69 Å². The highest BCUT2D eigenvalue weighted by atomic mass is 35.5. The first kappa shape index (κ1) is 26.0. The number of carbonyl (C=O) groups is 2. The van der Waals surface area contributed by atoms with E-state index in [2.05, 4.69) is 4.90 Å². The van der Waals surface area contributed by atoms with E-state index >= 15 is 0 Å². The fraction of sp³-hybridized carbons (Fsp3) is 0.565. The van der Waals surface area contributed by atoms with Gasteiger partial charge in [-0.15, -0.1) is 12.4 Å². The smallest absolute Gasteiger partial charge is 0.342 e. The Labute approximate surface area is 194 Å². The molecule has 3 rings (SSSR count). The van der Waals surface area contributed by atoms with Gasteiger partial charge < -0.3 is 24.1 Å². The third kappa shape index (κ3) is 5.74. The van der Waals surface area contributed by atoms with Crippen LogP contribution in [-0.2, 0) is 32.0 Å². The number of phenols is 1. The fourth-order valence-corrected chi connectivity index (χ4v) is 3.97. The van der Waals surface area contributed by atoms with E-state index in [0.717, 1.165) is 24.2 Å². The minimum absolute atomic E-state index is 0. The van der Waals surface area contributed by atoms with Crippen molar-refractivity contribution in [3.63, 3.8) is 0 Å². The fourth-order valence-electron chi connectivity index (χ4n) is 3.97. The van der Waals surface area contributed by atoms with Gasteiger partial charge in [0.05, 0.1) is 20.3 Å². The number of halogens is 1. The minimum Gasteiger partial charge on any atom is -0.507 e. The summed E-state index contributed by atoms with van der Waals surface area (Å²) in [5, 5.41) is 10.7. The number of benzene rings is 1. The summed E-state index contributed by atoms with van der Waals surface area (Å²) >= 11 is 0. The number of phenolic OH excluding ortho intramolecular Hbond substituents is 1. The summed E-state index contributed by atoms with van der Waals surface area (Å²) in [7, 11) is 1.54. The number of rotatable bonds is 8. The molecule has 1 N–H and O–H groups in total. The molecule has 32 heavy (non-hydrogen) atoms. The number of hydrogen-bond acceptors (Lipinski definition) is 8. The molecule has 0 radical (unpaired) electrons. The second-order valence-corrected chi connectivity index (χ2v) is 7.91. The summed E-state index contributed by atoms with van der Waals surface area (Å²) in [6, 6.07) is 0. The minimum atomic E-state index is -0.516. The summed E-state index contributed by atoms with van der Waals surface area (Å²) in [4.78, 5) is 26.3. The Bertz CT molecular complexity index is 878. The number of allylic oxidation sites excluding steroid dienone is 2. The molecule has 1 saturated heterocycles. The Morgan fingerprint density at radius 2 is 1.97 bits per heavy atom. The maximum Gasteiger partial charge on any atom is 0.342 e. The van der Waals surface area contributed by atoms with Crippen molar-refractivity contribution in [2.24, 2.45) is 0 Å². The third-order valence-electron chi connectivity index (χ3n) is 5.89. The number of ether oxygens (including phenoxy) is 4. The molecule has 1 fully saturated rings. The SMILES string of the molecule is COc1c(C)c2c(c(O)c1CC=C(C)CCC(=O)OC(C)N1CCOCC1)C(=O)OC2.Cl. The number of morpholine rings is 1. The lowest BCUT2D eigenvalue weighted by atomic mass is 9.94. The van der Waals surface area contributed by atoms with E-state index in [4.69, 9.17) is 18.9 Å². The molecule has 2 aliphatic rings. The van der Waals surface area contributed by atoms with Crippen molar-refractivity contribution in [1.82, 2.24) is 4.90 Å². The molecule has 0 aromatic heterocycles. The van der Waals surface area contributed by atoms with Crippen LogP contribution in [-0.4, -0.2) is 61.6 Å². The largest absolute Gasteiger partial charge is 0.507 e. The number of nitrogens with zero attached hydrogens (tertiary/aromatic N) is 1. The second kappa shape index (κ2) is 11.5. The molecule has 0 aliphatic carbocycles. The van der Waals surface area contributed by atoms with Gasteiger partial charge in [0.2, 0.25) is 0 Å². The van der Waals surface area contributed by atoms with E-state index in [9.17, 15) is 14.7 Å². The molecule has 0 amide bonds. The number of carbonyl (C=O) groups excluding carboxylic acids is 2. The van der Waals surface area contributed by atoms with Crippen LogP contribution in [0.5, 0.6) is 11.5 Å². The van der Waals surface area contributed by atoms with Gasteiger partial charge in [0.1, 0.15) is 23.7 Å². The monoisotopic (exact) mass is 469 g/mol. The van der Waals surface area contributed by atoms with Gasteiger partial charge in [0.15, 0.2) is 6.23 Å². The van der Waals surface area contributed by atoms with Crippen LogP contribution >= 0.6 is 12.4 Å². The normalized spacial score (nSPS) is 17.2. The van der Waals surface area contributed by atoms with Gasteiger partial charge in [-0.25, -0.2) is 4.79 Å². The van der Waals surface area contributed by atoms with Gasteiger partial charge in [-0.1, -0.05) is 11.6 Å². The van der Waals surface area contributed by atoms with Gasteiger partial charge in [-0.05, 0) is 39.2 Å². The zero-order chi connectivity index (χ0) is 22.5. The van der Waals surface area contributed by atoms with E-state index < -0.39 is 5.97 Å². The standard InChI is InChI=1S/C23H31NO7.ClH/c1-14(6-8-19(25)31-16(3)24-9-11-29-12-10-24)5-7-17-21(26)20-18(13-30-23(20)27)15(2)22(17)28-4;/h5,16,26H,6-13H2,1-4H3;1H. The Morgan fingerprint density at radius 1 is 1.28 bits per heavy atom. The molecule has 1 unspecified atom stereocenters. The van der Waals surface area contributed by atoms with Crippen molar-refractivity contribution >= 4 is 24.3 Å². The average Bonchev–Trinajstić information content (AvgIpc) is 3.16. The molecular weight excluding hydrogens is 438 g/mol. The van der Waals surface area contributed by atoms with Gasteiger partial charge in [-0.2, -0.15) is 0 Å². The van der Waals surface area contributed by atoms with Crippen LogP contribution in [0.1, 0.15) is 53.7 Å². The number of fused-ring (bicyclic) bond motifs is 1. The highest BCUT2D eigenvalue weighted by Crippen LogP contribution is 2.42. The van der Waals surface area contributed by atoms with Gasteiger partial charge in [0, 0.05) is 30.6 Å². The number of esters is 2. The number of aromatic hydroxyl groups is 1. The molecule has 0 saturated carbocycles. The predicted octanol–water partition coefficient (Wildman–Crippen LogP) is 3.29. The van der Waals surface area contributed by atoms with Crippen LogP contribution < -0.4 is 4.74 Å². The average molecular weight is 470 g/mol. The van der Waals surface area contributed by atoms with Gasteiger partial charge >= 0.3 is 11.9 Å². The van der Waals surface area contributed by atoms with Crippen molar-refractivity contribution in [3.8, 4) is 11.5 Å². The van der Waals surface area contributed by atoms with Crippen molar-refractivity contribution in [3.05, 3.63) is 33.9 Å². The van der Waals surface area contributed by atoms with E-state index in [0.29, 0.717) is 42.9 Å². The molecule has 8 nitrogen and oxygen atoms in total. The molecule has 1 aromatic carbocycles. The first-order valence-corrected chi connectivity index (χ1v) is 10.6. The van der Waals surface area contributed by atoms with Gasteiger partial charge in [0.25, 0.3) is 0 Å². The Hall–Kier alpha value is -2.29.